The second-order valence-electron chi connectivity index (χ2n) is 14.2. The first kappa shape index (κ1) is 37.5. The molecule has 0 radical (unpaired) electrons. The maximum atomic E-state index is 15.4. The van der Waals surface area contributed by atoms with Crippen molar-refractivity contribution < 1.29 is 41.8 Å². The van der Waals surface area contributed by atoms with Gasteiger partial charge in [0.1, 0.15) is 23.6 Å². The number of carbonyl (C=O) groups is 4. The van der Waals surface area contributed by atoms with Crippen molar-refractivity contribution in [3.63, 3.8) is 0 Å². The smallest absolute Gasteiger partial charge is 0.254 e. The van der Waals surface area contributed by atoms with E-state index in [9.17, 15) is 23.6 Å². The van der Waals surface area contributed by atoms with Gasteiger partial charge in [-0.15, -0.1) is 0 Å². The highest BCUT2D eigenvalue weighted by Crippen LogP contribution is 2.39. The SMILES string of the molecule is O=C(CCN1C(=O)C=CC1=O)N1CCOC(C(=O)N(CC2CNCC2F)C(c2nc(-c3cc(F)ccc3F)cn2Cc2ccccc2)C2CCOCC2)C1. The van der Waals surface area contributed by atoms with Crippen molar-refractivity contribution in [2.24, 2.45) is 11.8 Å². The second-order valence-corrected chi connectivity index (χ2v) is 14.2. The molecule has 4 unspecified atom stereocenters. The number of amides is 4. The number of nitrogens with zero attached hydrogens (tertiary/aromatic N) is 5. The number of halogens is 3. The second kappa shape index (κ2) is 16.7. The average molecular weight is 749 g/mol. The number of nitrogens with one attached hydrogen (secondary N) is 1. The number of hydrogen-bond acceptors (Lipinski definition) is 8. The van der Waals surface area contributed by atoms with Gasteiger partial charge in [0.2, 0.25) is 5.91 Å². The summed E-state index contributed by atoms with van der Waals surface area (Å²) in [6.07, 6.45) is 2.62. The molecule has 12 nitrogen and oxygen atoms in total. The number of morpholine rings is 1. The lowest BCUT2D eigenvalue weighted by atomic mass is 9.88. The van der Waals surface area contributed by atoms with Gasteiger partial charge in [-0.3, -0.25) is 24.1 Å². The van der Waals surface area contributed by atoms with E-state index in [0.29, 0.717) is 45.0 Å². The normalized spacial score (nSPS) is 22.6. The quantitative estimate of drug-likeness (QED) is 0.280. The van der Waals surface area contributed by atoms with E-state index in [1.807, 2.05) is 34.9 Å². The Bertz CT molecular complexity index is 1870. The van der Waals surface area contributed by atoms with Gasteiger partial charge < -0.3 is 29.2 Å². The van der Waals surface area contributed by atoms with Crippen molar-refractivity contribution in [2.75, 3.05) is 59.1 Å². The minimum Gasteiger partial charge on any atom is -0.381 e. The summed E-state index contributed by atoms with van der Waals surface area (Å²) < 4.78 is 58.8. The van der Waals surface area contributed by atoms with Crippen molar-refractivity contribution in [3.05, 3.63) is 89.9 Å². The molecule has 7 rings (SSSR count). The minimum atomic E-state index is -1.23. The maximum Gasteiger partial charge on any atom is 0.254 e. The van der Waals surface area contributed by atoms with Crippen LogP contribution in [0.4, 0.5) is 13.2 Å². The summed E-state index contributed by atoms with van der Waals surface area (Å²) in [5.74, 6) is -3.40. The van der Waals surface area contributed by atoms with Gasteiger partial charge in [0.15, 0.2) is 6.10 Å². The van der Waals surface area contributed by atoms with Crippen molar-refractivity contribution in [2.45, 2.75) is 44.1 Å². The molecule has 5 heterocycles. The lowest BCUT2D eigenvalue weighted by Gasteiger charge is -2.42. The van der Waals surface area contributed by atoms with Crippen LogP contribution in [0.25, 0.3) is 11.3 Å². The van der Waals surface area contributed by atoms with Gasteiger partial charge in [-0.05, 0) is 42.5 Å². The molecule has 0 spiro atoms. The third-order valence-corrected chi connectivity index (χ3v) is 10.6. The zero-order valence-electron chi connectivity index (χ0n) is 29.7. The Morgan fingerprint density at radius 1 is 1.00 bits per heavy atom. The molecule has 3 fully saturated rings. The molecule has 0 bridgehead atoms. The Labute approximate surface area is 310 Å². The van der Waals surface area contributed by atoms with Crippen LogP contribution in [0.2, 0.25) is 0 Å². The molecule has 286 valence electrons. The largest absolute Gasteiger partial charge is 0.381 e. The van der Waals surface area contributed by atoms with Crippen LogP contribution < -0.4 is 5.32 Å². The van der Waals surface area contributed by atoms with Gasteiger partial charge in [-0.2, -0.15) is 0 Å². The van der Waals surface area contributed by atoms with Gasteiger partial charge in [0, 0.05) is 88.7 Å². The van der Waals surface area contributed by atoms with Crippen LogP contribution in [-0.4, -0.2) is 119 Å². The first-order valence-corrected chi connectivity index (χ1v) is 18.4. The third kappa shape index (κ3) is 8.27. The topological polar surface area (TPSA) is 126 Å². The number of imidazole rings is 1. The van der Waals surface area contributed by atoms with Crippen molar-refractivity contribution >= 4 is 23.6 Å². The summed E-state index contributed by atoms with van der Waals surface area (Å²) in [5, 5.41) is 3.08. The molecule has 15 heteroatoms. The summed E-state index contributed by atoms with van der Waals surface area (Å²) in [4.78, 5) is 61.5. The highest BCUT2D eigenvalue weighted by atomic mass is 19.1. The van der Waals surface area contributed by atoms with Crippen LogP contribution in [0, 0.1) is 23.5 Å². The lowest BCUT2D eigenvalue weighted by Crippen LogP contribution is -2.55. The summed E-state index contributed by atoms with van der Waals surface area (Å²) in [6, 6.07) is 12.0. The lowest BCUT2D eigenvalue weighted by molar-refractivity contribution is -0.159. The number of imide groups is 1. The van der Waals surface area contributed by atoms with Gasteiger partial charge in [0.05, 0.1) is 24.9 Å². The fourth-order valence-electron chi connectivity index (χ4n) is 7.73. The van der Waals surface area contributed by atoms with Crippen molar-refractivity contribution in [3.8, 4) is 11.3 Å². The van der Waals surface area contributed by atoms with Crippen LogP contribution in [-0.2, 0) is 35.2 Å². The molecule has 54 heavy (non-hydrogen) atoms. The number of hydrogen-bond donors (Lipinski definition) is 1. The van der Waals surface area contributed by atoms with Crippen LogP contribution in [0.1, 0.15) is 36.7 Å². The van der Waals surface area contributed by atoms with Gasteiger partial charge >= 0.3 is 0 Å². The molecule has 3 saturated heterocycles. The Balaban J connectivity index is 1.25. The van der Waals surface area contributed by atoms with Crippen molar-refractivity contribution in [1.82, 2.24) is 29.6 Å². The highest BCUT2D eigenvalue weighted by Gasteiger charge is 2.43. The number of benzene rings is 2. The van der Waals surface area contributed by atoms with Gasteiger partial charge in [-0.25, -0.2) is 18.2 Å². The maximum absolute atomic E-state index is 15.4. The Morgan fingerprint density at radius 3 is 2.48 bits per heavy atom. The molecule has 4 amide bonds. The zero-order chi connectivity index (χ0) is 37.8. The van der Waals surface area contributed by atoms with E-state index in [1.165, 1.54) is 4.90 Å². The summed E-state index contributed by atoms with van der Waals surface area (Å²) >= 11 is 0. The Kier molecular flexibility index (Phi) is 11.6. The third-order valence-electron chi connectivity index (χ3n) is 10.6. The molecule has 1 aromatic heterocycles. The molecule has 0 saturated carbocycles. The summed E-state index contributed by atoms with van der Waals surface area (Å²) in [7, 11) is 0. The molecule has 4 atom stereocenters. The summed E-state index contributed by atoms with van der Waals surface area (Å²) in [6.45, 7) is 1.71. The molecule has 3 aromatic rings. The highest BCUT2D eigenvalue weighted by molar-refractivity contribution is 6.13. The monoisotopic (exact) mass is 748 g/mol. The fourth-order valence-corrected chi connectivity index (χ4v) is 7.73. The van der Waals surface area contributed by atoms with E-state index in [2.05, 4.69) is 5.32 Å². The van der Waals surface area contributed by atoms with Gasteiger partial charge in [0.25, 0.3) is 17.7 Å². The van der Waals surface area contributed by atoms with E-state index in [1.54, 1.807) is 11.1 Å². The predicted octanol–water partition coefficient (Wildman–Crippen LogP) is 3.27. The minimum absolute atomic E-state index is 0.0108. The van der Waals surface area contributed by atoms with Crippen LogP contribution in [0.15, 0.2) is 66.9 Å². The van der Waals surface area contributed by atoms with Crippen LogP contribution in [0.3, 0.4) is 0 Å². The van der Waals surface area contributed by atoms with Crippen molar-refractivity contribution in [1.29, 1.82) is 0 Å². The molecule has 0 aliphatic carbocycles. The Morgan fingerprint density at radius 2 is 1.76 bits per heavy atom. The predicted molar refractivity (Wildman–Crippen MR) is 189 cm³/mol. The summed E-state index contributed by atoms with van der Waals surface area (Å²) in [5.41, 5.74) is 1.06. The first-order valence-electron chi connectivity index (χ1n) is 18.4. The number of ether oxygens (including phenoxy) is 2. The number of alkyl halides is 1. The average Bonchev–Trinajstić information content (AvgIpc) is 3.89. The van der Waals surface area contributed by atoms with Gasteiger partial charge in [-0.1, -0.05) is 30.3 Å². The van der Waals surface area contributed by atoms with Crippen LogP contribution in [0.5, 0.6) is 0 Å². The van der Waals surface area contributed by atoms with E-state index in [4.69, 9.17) is 14.5 Å². The zero-order valence-corrected chi connectivity index (χ0v) is 29.7. The number of carbonyl (C=O) groups excluding carboxylic acids is 4. The van der Waals surface area contributed by atoms with Crippen LogP contribution >= 0.6 is 0 Å². The Hall–Kier alpha value is -4.86. The van der Waals surface area contributed by atoms with E-state index in [0.717, 1.165) is 40.8 Å². The molecular formula is C39H43F3N6O6. The van der Waals surface area contributed by atoms with E-state index in [-0.39, 0.29) is 68.8 Å². The number of rotatable bonds is 12. The number of aromatic nitrogens is 2. The molecular weight excluding hydrogens is 705 g/mol. The fraction of sp³-hybridized carbons (Fsp3) is 0.462. The first-order chi connectivity index (χ1) is 26.2. The van der Waals surface area contributed by atoms with E-state index < -0.39 is 53.6 Å². The molecule has 4 aliphatic rings. The molecule has 4 aliphatic heterocycles. The van der Waals surface area contributed by atoms with E-state index >= 15 is 8.78 Å². The standard InChI is InChI=1S/C39H43F3N6O6/c40-28-6-7-30(41)29(18-28)32-23-46(21-25-4-2-1-3-5-25)38(44-32)37(26-11-15-53-16-12-26)48(22-27-19-43-20-31(27)42)39(52)33-24-45(14-17-54-33)34(49)10-13-47-35(50)8-9-36(47)51/h1-9,18,23,26-27,31,33,37,43H,10-17,19-22,24H2. The molecule has 1 N–H and O–H groups in total. The molecule has 2 aromatic carbocycles.